The van der Waals surface area contributed by atoms with E-state index in [0.717, 1.165) is 61.2 Å². The number of aromatic amines is 1. The van der Waals surface area contributed by atoms with Crippen LogP contribution in [-0.2, 0) is 0 Å². The van der Waals surface area contributed by atoms with Gasteiger partial charge in [-0.2, -0.15) is 0 Å². The van der Waals surface area contributed by atoms with Crippen molar-refractivity contribution in [1.29, 1.82) is 0 Å². The van der Waals surface area contributed by atoms with Crippen molar-refractivity contribution in [2.75, 3.05) is 31.5 Å². The fourth-order valence-electron chi connectivity index (χ4n) is 4.02. The van der Waals surface area contributed by atoms with Crippen LogP contribution in [0.4, 0.5) is 5.95 Å². The molecule has 0 bridgehead atoms. The molecule has 0 spiro atoms. The predicted molar refractivity (Wildman–Crippen MR) is 130 cm³/mol. The molecule has 2 N–H and O–H groups in total. The first kappa shape index (κ1) is 21.8. The highest BCUT2D eigenvalue weighted by atomic mass is 16.1. The number of H-pyrrole nitrogens is 1. The number of fused-ring (bicyclic) bond motifs is 1. The van der Waals surface area contributed by atoms with Crippen molar-refractivity contribution in [3.05, 3.63) is 71.1 Å². The minimum absolute atomic E-state index is 0.250. The van der Waals surface area contributed by atoms with Crippen molar-refractivity contribution in [1.82, 2.24) is 24.6 Å². The van der Waals surface area contributed by atoms with Crippen LogP contribution in [0.2, 0.25) is 0 Å². The SMILES string of the molecule is CCCN(CC)CCCNc1nnc(-c2cn(-c3ccccc3)c3ccccc23)c(=O)[nH]1. The molecule has 7 heteroatoms. The van der Waals surface area contributed by atoms with Gasteiger partial charge in [-0.25, -0.2) is 0 Å². The zero-order valence-electron chi connectivity index (χ0n) is 18.7. The number of para-hydroxylation sites is 2. The van der Waals surface area contributed by atoms with Crippen LogP contribution in [0.25, 0.3) is 27.8 Å². The van der Waals surface area contributed by atoms with Crippen LogP contribution in [0.5, 0.6) is 0 Å². The van der Waals surface area contributed by atoms with Gasteiger partial charge in [0.1, 0.15) is 0 Å². The fraction of sp³-hybridized carbons (Fsp3) is 0.320. The Kier molecular flexibility index (Phi) is 6.97. The highest BCUT2D eigenvalue weighted by Crippen LogP contribution is 2.29. The molecule has 2 aromatic carbocycles. The Balaban J connectivity index is 1.54. The van der Waals surface area contributed by atoms with Gasteiger partial charge < -0.3 is 14.8 Å². The Morgan fingerprint density at radius 3 is 2.53 bits per heavy atom. The van der Waals surface area contributed by atoms with E-state index >= 15 is 0 Å². The van der Waals surface area contributed by atoms with Crippen LogP contribution in [0, 0.1) is 0 Å². The van der Waals surface area contributed by atoms with Crippen molar-refractivity contribution in [3.8, 4) is 16.9 Å². The molecule has 0 unspecified atom stereocenters. The quantitative estimate of drug-likeness (QED) is 0.367. The Labute approximate surface area is 188 Å². The van der Waals surface area contributed by atoms with E-state index in [0.29, 0.717) is 11.6 Å². The van der Waals surface area contributed by atoms with E-state index in [4.69, 9.17) is 0 Å². The summed E-state index contributed by atoms with van der Waals surface area (Å²) in [6.45, 7) is 8.29. The zero-order chi connectivity index (χ0) is 22.3. The summed E-state index contributed by atoms with van der Waals surface area (Å²) in [4.78, 5) is 18.2. The Morgan fingerprint density at radius 1 is 1.00 bits per heavy atom. The zero-order valence-corrected chi connectivity index (χ0v) is 18.7. The summed E-state index contributed by atoms with van der Waals surface area (Å²) in [6.07, 6.45) is 4.09. The first-order valence-corrected chi connectivity index (χ1v) is 11.3. The third-order valence-corrected chi connectivity index (χ3v) is 5.63. The van der Waals surface area contributed by atoms with Crippen molar-refractivity contribution in [2.45, 2.75) is 26.7 Å². The molecule has 0 radical (unpaired) electrons. The summed E-state index contributed by atoms with van der Waals surface area (Å²) in [6, 6.07) is 18.1. The van der Waals surface area contributed by atoms with Gasteiger partial charge in [-0.3, -0.25) is 9.78 Å². The van der Waals surface area contributed by atoms with Crippen molar-refractivity contribution in [2.24, 2.45) is 0 Å². The summed E-state index contributed by atoms with van der Waals surface area (Å²) in [5.74, 6) is 0.407. The predicted octanol–water partition coefficient (Wildman–Crippen LogP) is 4.31. The van der Waals surface area contributed by atoms with Crippen molar-refractivity contribution in [3.63, 3.8) is 0 Å². The number of aromatic nitrogens is 4. The standard InChI is InChI=1S/C25H30N6O/c1-3-16-30(4-2)17-10-15-26-25-27-24(32)23(28-29-25)21-18-31(19-11-6-5-7-12-19)22-14-9-8-13-20(21)22/h5-9,11-14,18H,3-4,10,15-17H2,1-2H3,(H2,26,27,29,32). The lowest BCUT2D eigenvalue weighted by Crippen LogP contribution is -2.27. The largest absolute Gasteiger partial charge is 0.354 e. The summed E-state index contributed by atoms with van der Waals surface area (Å²) in [5, 5.41) is 12.7. The lowest BCUT2D eigenvalue weighted by atomic mass is 10.1. The molecule has 0 saturated carbocycles. The van der Waals surface area contributed by atoms with Crippen LogP contribution < -0.4 is 10.9 Å². The van der Waals surface area contributed by atoms with E-state index in [1.165, 1.54) is 0 Å². The van der Waals surface area contributed by atoms with E-state index in [9.17, 15) is 4.79 Å². The number of anilines is 1. The first-order chi connectivity index (χ1) is 15.7. The molecule has 166 valence electrons. The molecule has 32 heavy (non-hydrogen) atoms. The molecular formula is C25H30N6O. The Hall–Kier alpha value is -3.45. The molecule has 2 aromatic heterocycles. The smallest absolute Gasteiger partial charge is 0.279 e. The maximum absolute atomic E-state index is 12.9. The Bertz CT molecular complexity index is 1210. The Morgan fingerprint density at radius 2 is 1.78 bits per heavy atom. The third-order valence-electron chi connectivity index (χ3n) is 5.63. The lowest BCUT2D eigenvalue weighted by molar-refractivity contribution is 0.288. The van der Waals surface area contributed by atoms with Crippen molar-refractivity contribution < 1.29 is 0 Å². The fourth-order valence-corrected chi connectivity index (χ4v) is 4.02. The molecular weight excluding hydrogens is 400 g/mol. The molecule has 4 aromatic rings. The molecule has 0 atom stereocenters. The minimum Gasteiger partial charge on any atom is -0.354 e. The number of hydrogen-bond donors (Lipinski definition) is 2. The number of hydrogen-bond acceptors (Lipinski definition) is 5. The number of rotatable bonds is 10. The average Bonchev–Trinajstić information content (AvgIpc) is 3.21. The molecule has 0 aliphatic heterocycles. The van der Waals surface area contributed by atoms with Gasteiger partial charge in [0, 0.05) is 29.4 Å². The second kappa shape index (κ2) is 10.2. The molecule has 4 rings (SSSR count). The maximum Gasteiger partial charge on any atom is 0.279 e. The molecule has 7 nitrogen and oxygen atoms in total. The van der Waals surface area contributed by atoms with E-state index in [2.05, 4.69) is 43.8 Å². The van der Waals surface area contributed by atoms with E-state index in [-0.39, 0.29) is 5.56 Å². The summed E-state index contributed by atoms with van der Waals surface area (Å²) in [5.41, 5.74) is 2.88. The van der Waals surface area contributed by atoms with E-state index in [1.54, 1.807) is 0 Å². The van der Waals surface area contributed by atoms with Gasteiger partial charge in [0.2, 0.25) is 5.95 Å². The maximum atomic E-state index is 12.9. The number of benzene rings is 2. The molecule has 0 amide bonds. The lowest BCUT2D eigenvalue weighted by Gasteiger charge is -2.19. The molecule has 0 saturated heterocycles. The molecule has 2 heterocycles. The minimum atomic E-state index is -0.250. The van der Waals surface area contributed by atoms with Gasteiger partial charge in [0.15, 0.2) is 5.69 Å². The van der Waals surface area contributed by atoms with Crippen LogP contribution in [0.15, 0.2) is 65.6 Å². The molecule has 0 aliphatic carbocycles. The second-order valence-electron chi connectivity index (χ2n) is 7.83. The van der Waals surface area contributed by atoms with Crippen molar-refractivity contribution >= 4 is 16.9 Å². The number of nitrogens with one attached hydrogen (secondary N) is 2. The summed E-state index contributed by atoms with van der Waals surface area (Å²) in [7, 11) is 0. The van der Waals surface area contributed by atoms with Crippen LogP contribution in [0.1, 0.15) is 26.7 Å². The molecule has 0 aliphatic rings. The number of nitrogens with zero attached hydrogens (tertiary/aromatic N) is 4. The van der Waals surface area contributed by atoms with Gasteiger partial charge in [-0.15, -0.1) is 10.2 Å². The van der Waals surface area contributed by atoms with E-state index < -0.39 is 0 Å². The normalized spacial score (nSPS) is 11.3. The average molecular weight is 431 g/mol. The van der Waals surface area contributed by atoms with Crippen LogP contribution in [-0.4, -0.2) is 50.8 Å². The van der Waals surface area contributed by atoms with Gasteiger partial charge >= 0.3 is 0 Å². The topological polar surface area (TPSA) is 78.8 Å². The van der Waals surface area contributed by atoms with E-state index in [1.807, 2.05) is 60.8 Å². The molecule has 0 fully saturated rings. The highest BCUT2D eigenvalue weighted by Gasteiger charge is 2.16. The third kappa shape index (κ3) is 4.73. The highest BCUT2D eigenvalue weighted by molar-refractivity contribution is 5.96. The van der Waals surface area contributed by atoms with Gasteiger partial charge in [-0.05, 0) is 50.7 Å². The van der Waals surface area contributed by atoms with Crippen LogP contribution in [0.3, 0.4) is 0 Å². The summed E-state index contributed by atoms with van der Waals surface area (Å²) < 4.78 is 2.08. The first-order valence-electron chi connectivity index (χ1n) is 11.3. The van der Waals surface area contributed by atoms with Gasteiger partial charge in [-0.1, -0.05) is 50.2 Å². The monoisotopic (exact) mass is 430 g/mol. The van der Waals surface area contributed by atoms with Gasteiger partial charge in [0.25, 0.3) is 5.56 Å². The van der Waals surface area contributed by atoms with Gasteiger partial charge in [0.05, 0.1) is 5.52 Å². The second-order valence-corrected chi connectivity index (χ2v) is 7.83. The summed E-state index contributed by atoms with van der Waals surface area (Å²) >= 11 is 0. The van der Waals surface area contributed by atoms with Crippen LogP contribution >= 0.6 is 0 Å².